The molecule has 0 amide bonds. The number of hydrogen-bond acceptors (Lipinski definition) is 3. The van der Waals surface area contributed by atoms with Crippen LogP contribution >= 0.6 is 0 Å². The minimum atomic E-state index is -0.952. The van der Waals surface area contributed by atoms with E-state index >= 15 is 0 Å². The molecule has 4 heteroatoms. The molecule has 1 aromatic carbocycles. The predicted octanol–water partition coefficient (Wildman–Crippen LogP) is 2.62. The minimum absolute atomic E-state index is 0.234. The van der Waals surface area contributed by atoms with Crippen molar-refractivity contribution in [3.8, 4) is 0 Å². The highest BCUT2D eigenvalue weighted by Crippen LogP contribution is 2.25. The van der Waals surface area contributed by atoms with E-state index < -0.39 is 5.97 Å². The number of aromatic nitrogens is 1. The molecular weight excluding hydrogens is 228 g/mol. The second kappa shape index (κ2) is 4.29. The standard InChI is InChI=1S/C14H16N2O2/c1-8-5-9(2)12-10(6-8)7-11(14(17)18)13(15-12)16(3)4/h5-7H,1-4H3,(H,17,18). The lowest BCUT2D eigenvalue weighted by molar-refractivity contribution is 0.0697. The monoisotopic (exact) mass is 244 g/mol. The van der Waals surface area contributed by atoms with Gasteiger partial charge in [0.25, 0.3) is 0 Å². The Labute approximate surface area is 106 Å². The maximum Gasteiger partial charge on any atom is 0.339 e. The van der Waals surface area contributed by atoms with Crippen molar-refractivity contribution in [2.24, 2.45) is 0 Å². The molecule has 1 heterocycles. The van der Waals surface area contributed by atoms with Gasteiger partial charge in [0.15, 0.2) is 0 Å². The normalized spacial score (nSPS) is 10.7. The van der Waals surface area contributed by atoms with Crippen LogP contribution in [0.2, 0.25) is 0 Å². The van der Waals surface area contributed by atoms with Crippen LogP contribution in [0, 0.1) is 13.8 Å². The first-order valence-electron chi connectivity index (χ1n) is 5.73. The molecule has 0 atom stereocenters. The second-order valence-corrected chi connectivity index (χ2v) is 4.71. The number of carbonyl (C=O) groups is 1. The number of anilines is 1. The number of rotatable bonds is 2. The molecule has 0 radical (unpaired) electrons. The van der Waals surface area contributed by atoms with Crippen molar-refractivity contribution in [3.63, 3.8) is 0 Å². The van der Waals surface area contributed by atoms with Crippen LogP contribution in [0.25, 0.3) is 10.9 Å². The molecule has 4 nitrogen and oxygen atoms in total. The molecule has 0 aliphatic heterocycles. The van der Waals surface area contributed by atoms with E-state index in [9.17, 15) is 9.90 Å². The van der Waals surface area contributed by atoms with E-state index in [1.807, 2.05) is 19.9 Å². The smallest absolute Gasteiger partial charge is 0.339 e. The molecule has 94 valence electrons. The van der Waals surface area contributed by atoms with E-state index in [0.717, 1.165) is 22.0 Å². The molecule has 1 N–H and O–H groups in total. The summed E-state index contributed by atoms with van der Waals surface area (Å²) in [5.41, 5.74) is 3.26. The van der Waals surface area contributed by atoms with Crippen LogP contribution in [-0.2, 0) is 0 Å². The van der Waals surface area contributed by atoms with Crippen LogP contribution in [0.5, 0.6) is 0 Å². The van der Waals surface area contributed by atoms with Crippen LogP contribution in [0.3, 0.4) is 0 Å². The second-order valence-electron chi connectivity index (χ2n) is 4.71. The predicted molar refractivity (Wildman–Crippen MR) is 72.5 cm³/mol. The highest BCUT2D eigenvalue weighted by molar-refractivity contribution is 5.98. The summed E-state index contributed by atoms with van der Waals surface area (Å²) >= 11 is 0. The van der Waals surface area contributed by atoms with Gasteiger partial charge < -0.3 is 10.0 Å². The fraction of sp³-hybridized carbons (Fsp3) is 0.286. The first-order chi connectivity index (χ1) is 8.40. The van der Waals surface area contributed by atoms with Crippen molar-refractivity contribution in [3.05, 3.63) is 34.9 Å². The summed E-state index contributed by atoms with van der Waals surface area (Å²) < 4.78 is 0. The van der Waals surface area contributed by atoms with Gasteiger partial charge in [-0.25, -0.2) is 9.78 Å². The number of fused-ring (bicyclic) bond motifs is 1. The summed E-state index contributed by atoms with van der Waals surface area (Å²) in [6, 6.07) is 5.70. The molecule has 0 saturated carbocycles. The summed E-state index contributed by atoms with van der Waals surface area (Å²) in [6.45, 7) is 3.98. The molecule has 0 saturated heterocycles. The Bertz CT molecular complexity index is 633. The Morgan fingerprint density at radius 2 is 1.89 bits per heavy atom. The van der Waals surface area contributed by atoms with Gasteiger partial charge in [0.05, 0.1) is 5.52 Å². The number of carboxylic acids is 1. The zero-order valence-corrected chi connectivity index (χ0v) is 11.0. The molecule has 0 fully saturated rings. The average Bonchev–Trinajstić information content (AvgIpc) is 2.26. The fourth-order valence-electron chi connectivity index (χ4n) is 2.14. The number of benzene rings is 1. The third kappa shape index (κ3) is 2.01. The Morgan fingerprint density at radius 1 is 1.22 bits per heavy atom. The molecule has 0 aliphatic carbocycles. The van der Waals surface area contributed by atoms with Crippen LogP contribution in [0.1, 0.15) is 21.5 Å². The van der Waals surface area contributed by atoms with Crippen molar-refractivity contribution in [2.45, 2.75) is 13.8 Å². The van der Waals surface area contributed by atoms with Crippen LogP contribution in [0.15, 0.2) is 18.2 Å². The molecular formula is C14H16N2O2. The summed E-state index contributed by atoms with van der Waals surface area (Å²) in [5, 5.41) is 10.1. The maximum absolute atomic E-state index is 11.3. The number of carboxylic acid groups (broad SMARTS) is 1. The minimum Gasteiger partial charge on any atom is -0.478 e. The van der Waals surface area contributed by atoms with Gasteiger partial charge in [-0.3, -0.25) is 0 Å². The zero-order chi connectivity index (χ0) is 13.4. The molecule has 0 spiro atoms. The van der Waals surface area contributed by atoms with E-state index in [1.165, 1.54) is 0 Å². The van der Waals surface area contributed by atoms with Gasteiger partial charge in [0, 0.05) is 19.5 Å². The highest BCUT2D eigenvalue weighted by Gasteiger charge is 2.15. The van der Waals surface area contributed by atoms with Gasteiger partial charge in [-0.2, -0.15) is 0 Å². The van der Waals surface area contributed by atoms with E-state index in [-0.39, 0.29) is 5.56 Å². The summed E-state index contributed by atoms with van der Waals surface area (Å²) in [7, 11) is 3.59. The summed E-state index contributed by atoms with van der Waals surface area (Å²) in [6.07, 6.45) is 0. The van der Waals surface area contributed by atoms with Crippen molar-refractivity contribution in [1.82, 2.24) is 4.98 Å². The SMILES string of the molecule is Cc1cc(C)c2nc(N(C)C)c(C(=O)O)cc2c1. The topological polar surface area (TPSA) is 53.4 Å². The van der Waals surface area contributed by atoms with Gasteiger partial charge in [-0.1, -0.05) is 11.6 Å². The lowest BCUT2D eigenvalue weighted by Gasteiger charge is -2.16. The number of hydrogen-bond donors (Lipinski definition) is 1. The van der Waals surface area contributed by atoms with E-state index in [1.54, 1.807) is 25.1 Å². The molecule has 0 unspecified atom stereocenters. The Kier molecular flexibility index (Phi) is 2.95. The number of aryl methyl sites for hydroxylation is 2. The number of nitrogens with zero attached hydrogens (tertiary/aromatic N) is 2. The molecule has 0 aliphatic rings. The van der Waals surface area contributed by atoms with E-state index in [2.05, 4.69) is 11.1 Å². The van der Waals surface area contributed by atoms with Crippen molar-refractivity contribution < 1.29 is 9.90 Å². The maximum atomic E-state index is 11.3. The van der Waals surface area contributed by atoms with Gasteiger partial charge in [0.1, 0.15) is 11.4 Å². The van der Waals surface area contributed by atoms with E-state index in [0.29, 0.717) is 5.82 Å². The number of pyridine rings is 1. The van der Waals surface area contributed by atoms with Gasteiger partial charge >= 0.3 is 5.97 Å². The fourth-order valence-corrected chi connectivity index (χ4v) is 2.14. The zero-order valence-electron chi connectivity index (χ0n) is 11.0. The van der Waals surface area contributed by atoms with Crippen LogP contribution < -0.4 is 4.90 Å². The molecule has 0 bridgehead atoms. The summed E-state index contributed by atoms with van der Waals surface area (Å²) in [5.74, 6) is -0.464. The van der Waals surface area contributed by atoms with E-state index in [4.69, 9.17) is 0 Å². The lowest BCUT2D eigenvalue weighted by atomic mass is 10.0. The summed E-state index contributed by atoms with van der Waals surface area (Å²) in [4.78, 5) is 17.5. The molecule has 2 aromatic rings. The van der Waals surface area contributed by atoms with Crippen LogP contribution in [-0.4, -0.2) is 30.2 Å². The molecule has 1 aromatic heterocycles. The van der Waals surface area contributed by atoms with Gasteiger partial charge in [-0.05, 0) is 31.5 Å². The van der Waals surface area contributed by atoms with Crippen molar-refractivity contribution >= 4 is 22.7 Å². The molecule has 2 rings (SSSR count). The first-order valence-corrected chi connectivity index (χ1v) is 5.73. The van der Waals surface area contributed by atoms with Crippen molar-refractivity contribution in [2.75, 3.05) is 19.0 Å². The van der Waals surface area contributed by atoms with Crippen molar-refractivity contribution in [1.29, 1.82) is 0 Å². The Morgan fingerprint density at radius 3 is 2.44 bits per heavy atom. The largest absolute Gasteiger partial charge is 0.478 e. The van der Waals surface area contributed by atoms with Gasteiger partial charge in [-0.15, -0.1) is 0 Å². The first kappa shape index (κ1) is 12.4. The van der Waals surface area contributed by atoms with Gasteiger partial charge in [0.2, 0.25) is 0 Å². The third-order valence-electron chi connectivity index (χ3n) is 2.89. The Balaban J connectivity index is 2.84. The molecule has 18 heavy (non-hydrogen) atoms. The van der Waals surface area contributed by atoms with Crippen LogP contribution in [0.4, 0.5) is 5.82 Å². The lowest BCUT2D eigenvalue weighted by Crippen LogP contribution is -2.16. The average molecular weight is 244 g/mol. The Hall–Kier alpha value is -2.10. The number of aromatic carboxylic acids is 1. The third-order valence-corrected chi connectivity index (χ3v) is 2.89. The quantitative estimate of drug-likeness (QED) is 0.882. The highest BCUT2D eigenvalue weighted by atomic mass is 16.4.